The quantitative estimate of drug-likeness (QED) is 0.835. The number of aliphatic hydroxyl groups is 1. The maximum Gasteiger partial charge on any atom is 0.211 e. The molecule has 0 spiro atoms. The molecule has 1 amide bonds. The van der Waals surface area contributed by atoms with E-state index in [0.717, 1.165) is 43.5 Å². The number of aliphatic hydroxyl groups excluding tert-OH is 1. The molecule has 2 fully saturated rings. The van der Waals surface area contributed by atoms with Crippen LogP contribution in [-0.4, -0.2) is 24.7 Å². The molecule has 4 heteroatoms. The van der Waals surface area contributed by atoms with Crippen LogP contribution in [0.1, 0.15) is 56.1 Å². The molecule has 0 aliphatic heterocycles. The number of hydrogen-bond acceptors (Lipinski definition) is 3. The maximum absolute atomic E-state index is 10.8. The lowest BCUT2D eigenvalue weighted by Crippen LogP contribution is -2.43. The van der Waals surface area contributed by atoms with Crippen LogP contribution >= 0.6 is 0 Å². The highest BCUT2D eigenvalue weighted by Crippen LogP contribution is 2.61. The largest absolute Gasteiger partial charge is 0.495 e. The van der Waals surface area contributed by atoms with Gasteiger partial charge in [0, 0.05) is 0 Å². The Kier molecular flexibility index (Phi) is 3.83. The Morgan fingerprint density at radius 2 is 2.12 bits per heavy atom. The summed E-state index contributed by atoms with van der Waals surface area (Å²) < 4.78 is 5.51. The Hall–Kier alpha value is -1.55. The van der Waals surface area contributed by atoms with Gasteiger partial charge in [-0.2, -0.15) is 0 Å². The highest BCUT2D eigenvalue weighted by molar-refractivity contribution is 5.76. The normalized spacial score (nSPS) is 37.1. The van der Waals surface area contributed by atoms with E-state index >= 15 is 0 Å². The lowest BCUT2D eigenvalue weighted by molar-refractivity contribution is -0.105. The third kappa shape index (κ3) is 2.19. The zero-order valence-corrected chi connectivity index (χ0v) is 14.5. The molecule has 0 radical (unpaired) electrons. The number of fused-ring (bicyclic) bond motifs is 5. The standard InChI is InChI=1S/C20H27NO3/c1-20-8-7-13-14(16(20)5-6-19(20)23)4-3-12-9-17(21-11-22)18(24-2)10-15(12)13/h9-11,13-14,16,19,23H,3-8H2,1-2H3,(H,21,22)/t13-,14+,16-,19?,20-/m0/s1. The third-order valence-corrected chi connectivity index (χ3v) is 7.21. The van der Waals surface area contributed by atoms with Crippen LogP contribution in [0.5, 0.6) is 5.75 Å². The molecule has 3 aliphatic carbocycles. The zero-order valence-electron chi connectivity index (χ0n) is 14.5. The van der Waals surface area contributed by atoms with Gasteiger partial charge in [-0.15, -0.1) is 0 Å². The van der Waals surface area contributed by atoms with Gasteiger partial charge in [-0.3, -0.25) is 4.79 Å². The van der Waals surface area contributed by atoms with Crippen LogP contribution < -0.4 is 10.1 Å². The summed E-state index contributed by atoms with van der Waals surface area (Å²) >= 11 is 0. The molecule has 2 N–H and O–H groups in total. The van der Waals surface area contributed by atoms with Crippen LogP contribution in [0.4, 0.5) is 5.69 Å². The van der Waals surface area contributed by atoms with Gasteiger partial charge < -0.3 is 15.2 Å². The molecule has 4 nitrogen and oxygen atoms in total. The first kappa shape index (κ1) is 15.9. The van der Waals surface area contributed by atoms with E-state index in [1.807, 2.05) is 0 Å². The van der Waals surface area contributed by atoms with Gasteiger partial charge in [0.25, 0.3) is 0 Å². The summed E-state index contributed by atoms with van der Waals surface area (Å²) in [4.78, 5) is 10.8. The molecule has 0 bridgehead atoms. The van der Waals surface area contributed by atoms with Crippen LogP contribution in [0.2, 0.25) is 0 Å². The average Bonchev–Trinajstić information content (AvgIpc) is 2.89. The number of carbonyl (C=O) groups excluding carboxylic acids is 1. The maximum atomic E-state index is 10.8. The highest BCUT2D eigenvalue weighted by atomic mass is 16.5. The van der Waals surface area contributed by atoms with E-state index in [2.05, 4.69) is 24.4 Å². The number of anilines is 1. The first-order valence-electron chi connectivity index (χ1n) is 9.17. The van der Waals surface area contributed by atoms with Crippen molar-refractivity contribution in [2.24, 2.45) is 17.3 Å². The van der Waals surface area contributed by atoms with Crippen LogP contribution in [0.25, 0.3) is 0 Å². The van der Waals surface area contributed by atoms with Gasteiger partial charge in [0.05, 0.1) is 18.9 Å². The van der Waals surface area contributed by atoms with Gasteiger partial charge >= 0.3 is 0 Å². The summed E-state index contributed by atoms with van der Waals surface area (Å²) in [6.07, 6.45) is 7.20. The molecule has 3 aliphatic rings. The molecule has 0 aromatic heterocycles. The molecular formula is C20H27NO3. The molecule has 1 aromatic rings. The Morgan fingerprint density at radius 1 is 1.29 bits per heavy atom. The van der Waals surface area contributed by atoms with Crippen LogP contribution in [-0.2, 0) is 11.2 Å². The predicted molar refractivity (Wildman–Crippen MR) is 93.3 cm³/mol. The summed E-state index contributed by atoms with van der Waals surface area (Å²) in [5, 5.41) is 13.2. The number of ether oxygens (including phenoxy) is 1. The fourth-order valence-electron chi connectivity index (χ4n) is 5.92. The van der Waals surface area contributed by atoms with Crippen molar-refractivity contribution in [3.8, 4) is 5.75 Å². The summed E-state index contributed by atoms with van der Waals surface area (Å²) in [6, 6.07) is 4.24. The van der Waals surface area contributed by atoms with Crippen LogP contribution in [0.3, 0.4) is 0 Å². The smallest absolute Gasteiger partial charge is 0.211 e. The second kappa shape index (κ2) is 5.76. The van der Waals surface area contributed by atoms with Crippen molar-refractivity contribution in [2.45, 2.75) is 57.5 Å². The van der Waals surface area contributed by atoms with E-state index < -0.39 is 0 Å². The molecule has 1 aromatic carbocycles. The van der Waals surface area contributed by atoms with E-state index in [4.69, 9.17) is 4.74 Å². The minimum atomic E-state index is -0.126. The number of amides is 1. The van der Waals surface area contributed by atoms with E-state index in [-0.39, 0.29) is 11.5 Å². The minimum absolute atomic E-state index is 0.113. The second-order valence-corrected chi connectivity index (χ2v) is 8.07. The summed E-state index contributed by atoms with van der Waals surface area (Å²) in [7, 11) is 1.66. The van der Waals surface area contributed by atoms with Crippen molar-refractivity contribution in [1.29, 1.82) is 0 Å². The number of aryl methyl sites for hydroxylation is 1. The summed E-state index contributed by atoms with van der Waals surface area (Å²) in [5.74, 6) is 2.62. The monoisotopic (exact) mass is 329 g/mol. The molecule has 130 valence electrons. The van der Waals surface area contributed by atoms with E-state index in [9.17, 15) is 9.90 Å². The Bertz CT molecular complexity index is 659. The highest BCUT2D eigenvalue weighted by Gasteiger charge is 2.54. The SMILES string of the molecule is COc1cc2c(cc1NC=O)CC[C@@H]1[C@@H]2CC[C@]2(C)C(O)CC[C@@H]12. The topological polar surface area (TPSA) is 58.6 Å². The average molecular weight is 329 g/mol. The fourth-order valence-corrected chi connectivity index (χ4v) is 5.92. The van der Waals surface area contributed by atoms with Crippen LogP contribution in [0, 0.1) is 17.3 Å². The second-order valence-electron chi connectivity index (χ2n) is 8.07. The summed E-state index contributed by atoms with van der Waals surface area (Å²) in [6.45, 7) is 2.30. The van der Waals surface area contributed by atoms with E-state index in [0.29, 0.717) is 24.2 Å². The Balaban J connectivity index is 1.71. The zero-order chi connectivity index (χ0) is 16.9. The first-order valence-corrected chi connectivity index (χ1v) is 9.17. The lowest BCUT2D eigenvalue weighted by Gasteiger charge is -2.50. The third-order valence-electron chi connectivity index (χ3n) is 7.21. The van der Waals surface area contributed by atoms with Gasteiger partial charge in [-0.1, -0.05) is 6.92 Å². The number of nitrogens with one attached hydrogen (secondary N) is 1. The Labute approximate surface area is 143 Å². The predicted octanol–water partition coefficient (Wildman–Crippen LogP) is 3.48. The number of benzene rings is 1. The fraction of sp³-hybridized carbons (Fsp3) is 0.650. The molecule has 5 atom stereocenters. The van der Waals surface area contributed by atoms with Crippen molar-refractivity contribution in [3.05, 3.63) is 23.3 Å². The van der Waals surface area contributed by atoms with Crippen LogP contribution in [0.15, 0.2) is 12.1 Å². The number of hydrogen-bond donors (Lipinski definition) is 2. The van der Waals surface area contributed by atoms with Crippen molar-refractivity contribution >= 4 is 12.1 Å². The van der Waals surface area contributed by atoms with Gasteiger partial charge in [-0.05, 0) is 85.0 Å². The molecule has 24 heavy (non-hydrogen) atoms. The van der Waals surface area contributed by atoms with Crippen molar-refractivity contribution in [1.82, 2.24) is 0 Å². The van der Waals surface area contributed by atoms with E-state index in [1.165, 1.54) is 17.5 Å². The molecule has 1 unspecified atom stereocenters. The van der Waals surface area contributed by atoms with Gasteiger partial charge in [0.1, 0.15) is 5.75 Å². The summed E-state index contributed by atoms with van der Waals surface area (Å²) in [5.41, 5.74) is 3.63. The molecule has 0 saturated heterocycles. The minimum Gasteiger partial charge on any atom is -0.495 e. The number of carbonyl (C=O) groups is 1. The van der Waals surface area contributed by atoms with Crippen molar-refractivity contribution < 1.29 is 14.6 Å². The molecular weight excluding hydrogens is 302 g/mol. The van der Waals surface area contributed by atoms with E-state index in [1.54, 1.807) is 7.11 Å². The van der Waals surface area contributed by atoms with Gasteiger partial charge in [0.15, 0.2) is 0 Å². The van der Waals surface area contributed by atoms with Gasteiger partial charge in [-0.25, -0.2) is 0 Å². The first-order chi connectivity index (χ1) is 11.6. The number of rotatable bonds is 3. The molecule has 2 saturated carbocycles. The molecule has 4 rings (SSSR count). The lowest BCUT2D eigenvalue weighted by atomic mass is 9.55. The Morgan fingerprint density at radius 3 is 2.88 bits per heavy atom. The molecule has 0 heterocycles. The number of methoxy groups -OCH3 is 1. The van der Waals surface area contributed by atoms with Crippen molar-refractivity contribution in [2.75, 3.05) is 12.4 Å². The van der Waals surface area contributed by atoms with Crippen molar-refractivity contribution in [3.63, 3.8) is 0 Å². The van der Waals surface area contributed by atoms with Gasteiger partial charge in [0.2, 0.25) is 6.41 Å².